The van der Waals surface area contributed by atoms with E-state index in [1.54, 1.807) is 0 Å². The van der Waals surface area contributed by atoms with E-state index in [-0.39, 0.29) is 5.56 Å². The summed E-state index contributed by atoms with van der Waals surface area (Å²) in [6, 6.07) is 2.07. The summed E-state index contributed by atoms with van der Waals surface area (Å²) in [5.41, 5.74) is 5.93. The Kier molecular flexibility index (Phi) is 3.31. The first-order valence-electron chi connectivity index (χ1n) is 4.22. The number of hydrogen-bond donors (Lipinski definition) is 1. The van der Waals surface area contributed by atoms with Gasteiger partial charge in [0.25, 0.3) is 0 Å². The van der Waals surface area contributed by atoms with Crippen molar-refractivity contribution in [3.8, 4) is 0 Å². The number of rotatable bonds is 3. The summed E-state index contributed by atoms with van der Waals surface area (Å²) in [5, 5.41) is 0. The number of hydrogen-bond acceptors (Lipinski definition) is 2. The summed E-state index contributed by atoms with van der Waals surface area (Å²) >= 11 is 0. The predicted octanol–water partition coefficient (Wildman–Crippen LogP) is 2.16. The molecule has 0 amide bonds. The van der Waals surface area contributed by atoms with Gasteiger partial charge in [-0.3, -0.25) is 0 Å². The molecule has 1 atom stereocenters. The maximum absolute atomic E-state index is 13.0. The summed E-state index contributed by atoms with van der Waals surface area (Å²) < 4.78 is 25.4. The molecule has 0 spiro atoms. The van der Waals surface area contributed by atoms with Gasteiger partial charge in [0.2, 0.25) is 11.9 Å². The molecule has 2 N–H and O–H groups in total. The number of nitrogens with two attached hydrogens (primary N) is 1. The van der Waals surface area contributed by atoms with Crippen LogP contribution in [0.5, 0.6) is 0 Å². The zero-order chi connectivity index (χ0) is 9.84. The molecule has 0 aromatic carbocycles. The lowest BCUT2D eigenvalue weighted by molar-refractivity contribution is 0.485. The van der Waals surface area contributed by atoms with Gasteiger partial charge in [-0.15, -0.1) is 0 Å². The van der Waals surface area contributed by atoms with Gasteiger partial charge < -0.3 is 5.73 Å². The first-order chi connectivity index (χ1) is 6.15. The van der Waals surface area contributed by atoms with Crippen LogP contribution in [0.4, 0.5) is 8.78 Å². The van der Waals surface area contributed by atoms with Gasteiger partial charge in [-0.2, -0.15) is 13.8 Å². The van der Waals surface area contributed by atoms with Crippen LogP contribution in [0.2, 0.25) is 0 Å². The molecule has 72 valence electrons. The highest BCUT2D eigenvalue weighted by Gasteiger charge is 2.11. The summed E-state index contributed by atoms with van der Waals surface area (Å²) in [7, 11) is 0. The molecule has 0 radical (unpaired) electrons. The van der Waals surface area contributed by atoms with E-state index in [4.69, 9.17) is 5.73 Å². The molecule has 13 heavy (non-hydrogen) atoms. The van der Waals surface area contributed by atoms with E-state index in [9.17, 15) is 8.78 Å². The third kappa shape index (κ3) is 2.45. The second kappa shape index (κ2) is 4.28. The summed E-state index contributed by atoms with van der Waals surface area (Å²) in [6.07, 6.45) is 1.53. The highest BCUT2D eigenvalue weighted by atomic mass is 19.1. The van der Waals surface area contributed by atoms with Crippen molar-refractivity contribution in [2.75, 3.05) is 0 Å². The fraction of sp³-hybridized carbons (Fsp3) is 0.444. The van der Waals surface area contributed by atoms with Crippen LogP contribution in [0.15, 0.2) is 12.1 Å². The Hall–Kier alpha value is -1.03. The van der Waals surface area contributed by atoms with Crippen molar-refractivity contribution in [1.82, 2.24) is 4.98 Å². The largest absolute Gasteiger partial charge is 0.324 e. The fourth-order valence-corrected chi connectivity index (χ4v) is 1.17. The summed E-state index contributed by atoms with van der Waals surface area (Å²) in [5.74, 6) is -1.62. The Labute approximate surface area is 75.8 Å². The van der Waals surface area contributed by atoms with Crippen molar-refractivity contribution in [2.45, 2.75) is 25.8 Å². The monoisotopic (exact) mass is 186 g/mol. The molecule has 0 saturated carbocycles. The van der Waals surface area contributed by atoms with Crippen LogP contribution in [0.3, 0.4) is 0 Å². The van der Waals surface area contributed by atoms with E-state index in [1.165, 1.54) is 6.07 Å². The van der Waals surface area contributed by atoms with Crippen molar-refractivity contribution in [3.05, 3.63) is 29.6 Å². The van der Waals surface area contributed by atoms with Crippen LogP contribution in [-0.2, 0) is 0 Å². The molecule has 0 saturated heterocycles. The molecule has 4 heteroatoms. The Morgan fingerprint density at radius 3 is 2.69 bits per heavy atom. The molecule has 1 unspecified atom stereocenters. The maximum atomic E-state index is 13.0. The fourth-order valence-electron chi connectivity index (χ4n) is 1.17. The minimum absolute atomic E-state index is 0.281. The van der Waals surface area contributed by atoms with Gasteiger partial charge in [0.15, 0.2) is 0 Å². The van der Waals surface area contributed by atoms with E-state index in [0.29, 0.717) is 6.42 Å². The lowest BCUT2D eigenvalue weighted by Gasteiger charge is -2.10. The zero-order valence-corrected chi connectivity index (χ0v) is 7.43. The van der Waals surface area contributed by atoms with E-state index in [0.717, 1.165) is 12.5 Å². The second-order valence-electron chi connectivity index (χ2n) is 2.91. The van der Waals surface area contributed by atoms with Crippen molar-refractivity contribution in [3.63, 3.8) is 0 Å². The highest BCUT2D eigenvalue weighted by molar-refractivity contribution is 5.15. The second-order valence-corrected chi connectivity index (χ2v) is 2.91. The van der Waals surface area contributed by atoms with Crippen LogP contribution < -0.4 is 5.73 Å². The van der Waals surface area contributed by atoms with E-state index in [2.05, 4.69) is 4.98 Å². The van der Waals surface area contributed by atoms with Crippen LogP contribution in [0.1, 0.15) is 31.4 Å². The third-order valence-electron chi connectivity index (χ3n) is 1.84. The molecule has 1 heterocycles. The van der Waals surface area contributed by atoms with Crippen LogP contribution >= 0.6 is 0 Å². The standard InChI is InChI=1S/C9H12F2N2/c1-2-3-7(12)6-4-5-8(10)13-9(6)11/h4-5,7H,2-3,12H2,1H3. The van der Waals surface area contributed by atoms with E-state index < -0.39 is 17.9 Å². The Bertz CT molecular complexity index is 289. The van der Waals surface area contributed by atoms with E-state index >= 15 is 0 Å². The Morgan fingerprint density at radius 1 is 1.46 bits per heavy atom. The van der Waals surface area contributed by atoms with E-state index in [1.807, 2.05) is 6.92 Å². The normalized spacial score (nSPS) is 12.9. The number of aromatic nitrogens is 1. The lowest BCUT2D eigenvalue weighted by atomic mass is 10.1. The lowest BCUT2D eigenvalue weighted by Crippen LogP contribution is -2.12. The topological polar surface area (TPSA) is 38.9 Å². The number of halogens is 2. The average molecular weight is 186 g/mol. The zero-order valence-electron chi connectivity index (χ0n) is 7.43. The minimum Gasteiger partial charge on any atom is -0.324 e. The van der Waals surface area contributed by atoms with Crippen LogP contribution in [0.25, 0.3) is 0 Å². The average Bonchev–Trinajstić information content (AvgIpc) is 2.04. The first kappa shape index (κ1) is 10.1. The molecular formula is C9H12F2N2. The molecule has 1 aromatic heterocycles. The highest BCUT2D eigenvalue weighted by Crippen LogP contribution is 2.17. The molecule has 0 aliphatic rings. The Balaban J connectivity index is 2.88. The molecule has 0 aliphatic heterocycles. The molecular weight excluding hydrogens is 174 g/mol. The van der Waals surface area contributed by atoms with Gasteiger partial charge in [-0.05, 0) is 18.6 Å². The molecule has 1 rings (SSSR count). The van der Waals surface area contributed by atoms with Crippen LogP contribution in [0, 0.1) is 11.9 Å². The Morgan fingerprint density at radius 2 is 2.15 bits per heavy atom. The van der Waals surface area contributed by atoms with Crippen molar-refractivity contribution >= 4 is 0 Å². The minimum atomic E-state index is -0.815. The predicted molar refractivity (Wildman–Crippen MR) is 46.0 cm³/mol. The van der Waals surface area contributed by atoms with Gasteiger partial charge in [-0.25, -0.2) is 0 Å². The molecule has 1 aromatic rings. The molecule has 2 nitrogen and oxygen atoms in total. The van der Waals surface area contributed by atoms with Gasteiger partial charge in [0.05, 0.1) is 0 Å². The number of pyridine rings is 1. The summed E-state index contributed by atoms with van der Waals surface area (Å²) in [4.78, 5) is 3.06. The molecule has 0 fully saturated rings. The number of nitrogens with zero attached hydrogens (tertiary/aromatic N) is 1. The van der Waals surface area contributed by atoms with Gasteiger partial charge in [-0.1, -0.05) is 13.3 Å². The first-order valence-corrected chi connectivity index (χ1v) is 4.22. The summed E-state index contributed by atoms with van der Waals surface area (Å²) in [6.45, 7) is 1.95. The van der Waals surface area contributed by atoms with Gasteiger partial charge >= 0.3 is 0 Å². The molecule has 0 aliphatic carbocycles. The van der Waals surface area contributed by atoms with Crippen LogP contribution in [-0.4, -0.2) is 4.98 Å². The van der Waals surface area contributed by atoms with Gasteiger partial charge in [0.1, 0.15) is 0 Å². The van der Waals surface area contributed by atoms with Gasteiger partial charge in [0, 0.05) is 11.6 Å². The smallest absolute Gasteiger partial charge is 0.220 e. The SMILES string of the molecule is CCCC(N)c1ccc(F)nc1F. The van der Waals surface area contributed by atoms with Crippen molar-refractivity contribution in [2.24, 2.45) is 5.73 Å². The van der Waals surface area contributed by atoms with Crippen molar-refractivity contribution in [1.29, 1.82) is 0 Å². The molecule has 0 bridgehead atoms. The maximum Gasteiger partial charge on any atom is 0.220 e. The quantitative estimate of drug-likeness (QED) is 0.734. The van der Waals surface area contributed by atoms with Crippen molar-refractivity contribution < 1.29 is 8.78 Å². The third-order valence-corrected chi connectivity index (χ3v) is 1.84.